The predicted molar refractivity (Wildman–Crippen MR) is 291 cm³/mol. The summed E-state index contributed by atoms with van der Waals surface area (Å²) in [4.78, 5) is 5.40. The minimum absolute atomic E-state index is 0. The summed E-state index contributed by atoms with van der Waals surface area (Å²) >= 11 is 0. The molecule has 0 saturated heterocycles. The van der Waals surface area contributed by atoms with Crippen molar-refractivity contribution in [2.45, 2.75) is 77.7 Å². The molecule has 73 heavy (non-hydrogen) atoms. The zero-order valence-electron chi connectivity index (χ0n) is 43.0. The fourth-order valence-electron chi connectivity index (χ4n) is 13.2. The number of nitrogens with zero attached hydrogens (tertiary/aromatic N) is 3. The molecule has 0 amide bonds. The molecule has 0 aliphatic heterocycles. The fraction of sp³-hybridized carbons (Fsp3) is 0.188. The molecule has 0 saturated carbocycles. The van der Waals surface area contributed by atoms with Crippen molar-refractivity contribution in [2.75, 3.05) is 0 Å². The van der Waals surface area contributed by atoms with Gasteiger partial charge in [-0.2, -0.15) is 48.5 Å². The molecule has 0 N–H and O–H groups in total. The molecule has 4 heteroatoms. The standard InChI is InChI=1S/C69H57N3.Pt/c1-42(2)49-28-29-70-66(38-49)68(62-24-18-45(5)34-56(62)57-35-46(6)19-25-63(57)68)52-14-10-12-50(39-52)67(60-22-16-43(3)32-54(60)55-33-44(4)17-23-61(55)67)51-13-11-15-53(40-51)69(72-31-30-71(9)41-72)64-26-20-47(7)36-58(64)59-37-48(8)21-27-65(59)69;/h10-38,42H,1-9H3;/q-2;. The molecule has 3 aliphatic rings. The van der Waals surface area contributed by atoms with Crippen LogP contribution in [0.25, 0.3) is 33.4 Å². The van der Waals surface area contributed by atoms with E-state index in [-0.39, 0.29) is 21.1 Å². The van der Waals surface area contributed by atoms with E-state index in [2.05, 4.69) is 256 Å². The van der Waals surface area contributed by atoms with Gasteiger partial charge in [0.25, 0.3) is 0 Å². The van der Waals surface area contributed by atoms with Gasteiger partial charge in [0.1, 0.15) is 5.54 Å². The smallest absolute Gasteiger partial charge is 0.204 e. The van der Waals surface area contributed by atoms with Crippen molar-refractivity contribution in [1.29, 1.82) is 0 Å². The summed E-state index contributed by atoms with van der Waals surface area (Å²) in [6.07, 6.45) is 10.0. The summed E-state index contributed by atoms with van der Waals surface area (Å²) in [6, 6.07) is 69.2. The molecule has 10 aromatic rings. The molecule has 2 heterocycles. The van der Waals surface area contributed by atoms with Gasteiger partial charge in [-0.1, -0.05) is 156 Å². The summed E-state index contributed by atoms with van der Waals surface area (Å²) in [5, 5.41) is 0. The fourth-order valence-corrected chi connectivity index (χ4v) is 13.2. The molecular weight excluding hydrogens is 1070 g/mol. The number of hydrogen-bond acceptors (Lipinski definition) is 1. The first kappa shape index (κ1) is 46.9. The second kappa shape index (κ2) is 16.9. The molecule has 0 bridgehead atoms. The Balaban J connectivity index is 0.00000543. The number of aromatic nitrogens is 3. The van der Waals surface area contributed by atoms with Gasteiger partial charge in [0.15, 0.2) is 0 Å². The van der Waals surface area contributed by atoms with E-state index in [1.807, 2.05) is 10.8 Å². The van der Waals surface area contributed by atoms with Crippen molar-refractivity contribution in [2.24, 2.45) is 7.05 Å². The summed E-state index contributed by atoms with van der Waals surface area (Å²) in [5.74, 6) is 0.321. The SMILES string of the molecule is Cc1ccc2c(c1)-c1cc(C)ccc1C2(c1[c-]c(C2(c3cc(C(C)C)ccn3)c3ccc(C)cc3-c3cc(C)ccc32)ccc1)c1[c-]c(C2(n3[c-][n+](C)cc3)c3ccc(C)cc3-c3cc(C)ccc32)ccc1.[Pt]. The van der Waals surface area contributed by atoms with Gasteiger partial charge in [-0.05, 0) is 133 Å². The Hall–Kier alpha value is -7.19. The second-order valence-electron chi connectivity index (χ2n) is 21.5. The average molecular weight is 1120 g/mol. The van der Waals surface area contributed by atoms with E-state index in [0.717, 1.165) is 27.9 Å². The number of fused-ring (bicyclic) bond motifs is 9. The quantitative estimate of drug-likeness (QED) is 0.115. The third-order valence-corrected chi connectivity index (χ3v) is 16.4. The Morgan fingerprint density at radius 3 is 1.23 bits per heavy atom. The van der Waals surface area contributed by atoms with E-state index >= 15 is 0 Å². The summed E-state index contributed by atoms with van der Waals surface area (Å²) in [6.45, 7) is 17.8. The number of benzene rings is 8. The van der Waals surface area contributed by atoms with Gasteiger partial charge < -0.3 is 9.13 Å². The van der Waals surface area contributed by atoms with Crippen LogP contribution >= 0.6 is 0 Å². The van der Waals surface area contributed by atoms with E-state index in [9.17, 15) is 0 Å². The largest absolute Gasteiger partial charge is 0.354 e. The zero-order valence-corrected chi connectivity index (χ0v) is 45.3. The van der Waals surface area contributed by atoms with Crippen LogP contribution in [-0.4, -0.2) is 9.55 Å². The van der Waals surface area contributed by atoms with E-state index in [4.69, 9.17) is 4.98 Å². The number of hydrogen-bond donors (Lipinski definition) is 0. The van der Waals surface area contributed by atoms with Crippen molar-refractivity contribution in [1.82, 2.24) is 9.55 Å². The number of pyridine rings is 1. The maximum Gasteiger partial charge on any atom is 0.204 e. The Labute approximate surface area is 445 Å². The molecule has 0 radical (unpaired) electrons. The summed E-state index contributed by atoms with van der Waals surface area (Å²) in [7, 11) is 2.06. The van der Waals surface area contributed by atoms with E-state index < -0.39 is 16.4 Å². The van der Waals surface area contributed by atoms with Crippen LogP contribution in [-0.2, 0) is 44.5 Å². The monoisotopic (exact) mass is 1120 g/mol. The minimum atomic E-state index is -0.825. The van der Waals surface area contributed by atoms with Crippen LogP contribution in [0.1, 0.15) is 120 Å². The van der Waals surface area contributed by atoms with Crippen LogP contribution < -0.4 is 4.57 Å². The first-order valence-electron chi connectivity index (χ1n) is 25.5. The summed E-state index contributed by atoms with van der Waals surface area (Å²) < 4.78 is 4.33. The minimum Gasteiger partial charge on any atom is -0.354 e. The molecule has 0 fully saturated rings. The van der Waals surface area contributed by atoms with Crippen molar-refractivity contribution in [3.8, 4) is 33.4 Å². The number of rotatable bonds is 7. The van der Waals surface area contributed by atoms with Gasteiger partial charge in [0, 0.05) is 43.8 Å². The van der Waals surface area contributed by atoms with Gasteiger partial charge in [0.05, 0.1) is 18.2 Å². The zero-order chi connectivity index (χ0) is 49.4. The van der Waals surface area contributed by atoms with Gasteiger partial charge in [0.2, 0.25) is 6.33 Å². The van der Waals surface area contributed by atoms with E-state index in [0.29, 0.717) is 5.92 Å². The van der Waals surface area contributed by atoms with Crippen LogP contribution in [0.4, 0.5) is 0 Å². The molecule has 2 aromatic heterocycles. The normalized spacial score (nSPS) is 14.7. The average Bonchev–Trinajstić information content (AvgIpc) is 4.10. The van der Waals surface area contributed by atoms with E-state index in [1.165, 1.54) is 106 Å². The van der Waals surface area contributed by atoms with Crippen molar-refractivity contribution < 1.29 is 25.6 Å². The van der Waals surface area contributed by atoms with Gasteiger partial charge in [-0.3, -0.25) is 4.98 Å². The first-order valence-corrected chi connectivity index (χ1v) is 25.5. The molecule has 0 atom stereocenters. The topological polar surface area (TPSA) is 21.7 Å². The third-order valence-electron chi connectivity index (χ3n) is 16.4. The van der Waals surface area contributed by atoms with Gasteiger partial charge in [-0.15, -0.1) is 22.3 Å². The van der Waals surface area contributed by atoms with Crippen LogP contribution in [0, 0.1) is 60.0 Å². The predicted octanol–water partition coefficient (Wildman–Crippen LogP) is 14.6. The van der Waals surface area contributed by atoms with Gasteiger partial charge >= 0.3 is 0 Å². The second-order valence-corrected chi connectivity index (χ2v) is 21.5. The maximum absolute atomic E-state index is 5.40. The molecule has 3 nitrogen and oxygen atoms in total. The van der Waals surface area contributed by atoms with Gasteiger partial charge in [-0.25, -0.2) is 0 Å². The molecule has 3 aliphatic carbocycles. The first-order chi connectivity index (χ1) is 34.8. The van der Waals surface area contributed by atoms with Crippen molar-refractivity contribution in [3.05, 3.63) is 295 Å². The Morgan fingerprint density at radius 2 is 0.822 bits per heavy atom. The molecular formula is C69H57N3Pt-2. The van der Waals surface area contributed by atoms with Crippen LogP contribution in [0.5, 0.6) is 0 Å². The number of aryl methyl sites for hydroxylation is 7. The Kier molecular flexibility index (Phi) is 10.9. The molecule has 8 aromatic carbocycles. The molecule has 0 spiro atoms. The van der Waals surface area contributed by atoms with Crippen molar-refractivity contribution in [3.63, 3.8) is 0 Å². The molecule has 0 unspecified atom stereocenters. The molecule has 13 rings (SSSR count). The Morgan fingerprint density at radius 1 is 0.452 bits per heavy atom. The third kappa shape index (κ3) is 6.53. The van der Waals surface area contributed by atoms with Crippen LogP contribution in [0.3, 0.4) is 0 Å². The summed E-state index contributed by atoms with van der Waals surface area (Å²) in [5.41, 5.74) is 26.5. The van der Waals surface area contributed by atoms with Crippen LogP contribution in [0.2, 0.25) is 0 Å². The van der Waals surface area contributed by atoms with Crippen LogP contribution in [0.15, 0.2) is 176 Å². The van der Waals surface area contributed by atoms with E-state index in [1.54, 1.807) is 0 Å². The maximum atomic E-state index is 5.40. The van der Waals surface area contributed by atoms with Crippen molar-refractivity contribution >= 4 is 0 Å². The molecule has 360 valence electrons. The number of imidazole rings is 1. The Bertz CT molecular complexity index is 3750.